The Bertz CT molecular complexity index is 1600. The molecular formula is C23H2BF19N-. The van der Waals surface area contributed by atoms with Crippen molar-refractivity contribution in [3.63, 3.8) is 0 Å². The van der Waals surface area contributed by atoms with Crippen LogP contribution in [0.15, 0.2) is 23.7 Å². The van der Waals surface area contributed by atoms with Gasteiger partial charge in [0.25, 0.3) is 0 Å². The van der Waals surface area contributed by atoms with Crippen molar-refractivity contribution in [2.45, 2.75) is 5.69 Å². The summed E-state index contributed by atoms with van der Waals surface area (Å²) in [6.07, 6.45) is -8.42. The van der Waals surface area contributed by atoms with Gasteiger partial charge in [0, 0.05) is 6.08 Å². The number of allylic oxidation sites excluding steroid dienone is 2. The molecule has 3 aromatic carbocycles. The van der Waals surface area contributed by atoms with Gasteiger partial charge in [-0.05, 0) is 0 Å². The van der Waals surface area contributed by atoms with Crippen LogP contribution in [-0.4, -0.2) is 11.8 Å². The van der Waals surface area contributed by atoms with E-state index in [1.165, 1.54) is 0 Å². The zero-order chi connectivity index (χ0) is 33.5. The fourth-order valence-corrected chi connectivity index (χ4v) is 4.91. The molecule has 1 heterocycles. The van der Waals surface area contributed by atoms with E-state index in [1.807, 2.05) is 0 Å². The molecule has 0 bridgehead atoms. The van der Waals surface area contributed by atoms with Crippen LogP contribution >= 0.6 is 0 Å². The minimum Gasteiger partial charge on any atom is -0.352 e. The largest absolute Gasteiger partial charge is 0.352 e. The van der Waals surface area contributed by atoms with Gasteiger partial charge >= 0.3 is 0 Å². The quantitative estimate of drug-likeness (QED) is 0.119. The molecule has 0 amide bonds. The third-order valence-electron chi connectivity index (χ3n) is 6.73. The zero-order valence-corrected chi connectivity index (χ0v) is 19.8. The second kappa shape index (κ2) is 10.4. The Labute approximate surface area is 228 Å². The van der Waals surface area contributed by atoms with Gasteiger partial charge < -0.3 is 5.32 Å². The fourth-order valence-electron chi connectivity index (χ4n) is 4.91. The molecule has 4 rings (SSSR count). The first-order valence-corrected chi connectivity index (χ1v) is 10.8. The molecule has 0 aliphatic carbocycles. The van der Waals surface area contributed by atoms with Crippen molar-refractivity contribution in [1.29, 1.82) is 0 Å². The number of benzene rings is 3. The van der Waals surface area contributed by atoms with Crippen molar-refractivity contribution in [3.8, 4) is 0 Å². The molecule has 0 saturated carbocycles. The van der Waals surface area contributed by atoms with E-state index in [9.17, 15) is 48.3 Å². The van der Waals surface area contributed by atoms with E-state index >= 15 is 35.1 Å². The van der Waals surface area contributed by atoms with Crippen molar-refractivity contribution >= 4 is 22.5 Å². The Morgan fingerprint density at radius 3 is 0.864 bits per heavy atom. The average Bonchev–Trinajstić information content (AvgIpc) is 2.97. The van der Waals surface area contributed by atoms with E-state index in [-0.39, 0.29) is 5.32 Å². The van der Waals surface area contributed by atoms with Crippen LogP contribution < -0.4 is 21.7 Å². The highest BCUT2D eigenvalue weighted by molar-refractivity contribution is 7.13. The Morgan fingerprint density at radius 1 is 0.386 bits per heavy atom. The lowest BCUT2D eigenvalue weighted by molar-refractivity contribution is 0.202. The lowest BCUT2D eigenvalue weighted by Crippen LogP contribution is -2.86. The predicted molar refractivity (Wildman–Crippen MR) is 109 cm³/mol. The first kappa shape index (κ1) is 32.6. The number of dihydropyridines is 1. The highest BCUT2D eigenvalue weighted by Gasteiger charge is 2.63. The molecular weight excluding hydrogens is 662 g/mol. The summed E-state index contributed by atoms with van der Waals surface area (Å²) in [5, 5.41) is 0.192. The van der Waals surface area contributed by atoms with Gasteiger partial charge in [-0.3, -0.25) is 4.39 Å². The van der Waals surface area contributed by atoms with Gasteiger partial charge in [0.05, 0.1) is 0 Å². The number of halogens is 19. The van der Waals surface area contributed by atoms with E-state index in [0.717, 1.165) is 0 Å². The molecule has 1 atom stereocenters. The maximum Gasteiger partial charge on any atom is 0.223 e. The van der Waals surface area contributed by atoms with E-state index in [0.29, 0.717) is 0 Å². The minimum atomic E-state index is -7.29. The second-order valence-electron chi connectivity index (χ2n) is 8.81. The van der Waals surface area contributed by atoms with Crippen LogP contribution in [0.5, 0.6) is 0 Å². The van der Waals surface area contributed by atoms with Crippen LogP contribution in [-0.2, 0) is 0 Å². The summed E-state index contributed by atoms with van der Waals surface area (Å²) >= 11 is 0. The summed E-state index contributed by atoms with van der Waals surface area (Å²) in [5.41, 5.74) is -16.7. The molecule has 21 heteroatoms. The van der Waals surface area contributed by atoms with Crippen LogP contribution in [0, 0.1) is 87.3 Å². The van der Waals surface area contributed by atoms with Crippen LogP contribution in [0.2, 0.25) is 0 Å². The summed E-state index contributed by atoms with van der Waals surface area (Å²) in [4.78, 5) is 0. The smallest absolute Gasteiger partial charge is 0.223 e. The number of hydrogen-bond acceptors (Lipinski definition) is 1. The summed E-state index contributed by atoms with van der Waals surface area (Å²) in [6, 6.07) is 0. The highest BCUT2D eigenvalue weighted by Crippen LogP contribution is 2.41. The van der Waals surface area contributed by atoms with Crippen LogP contribution in [0.25, 0.3) is 0 Å². The molecule has 1 aliphatic heterocycles. The summed E-state index contributed by atoms with van der Waals surface area (Å²) in [6.45, 7) is 0. The number of alkyl halides is 1. The van der Waals surface area contributed by atoms with Crippen molar-refractivity contribution in [3.05, 3.63) is 111 Å². The Morgan fingerprint density at radius 2 is 0.614 bits per heavy atom. The Balaban J connectivity index is 2.60. The first-order valence-electron chi connectivity index (χ1n) is 10.8. The molecule has 44 heavy (non-hydrogen) atoms. The van der Waals surface area contributed by atoms with Gasteiger partial charge in [0.15, 0.2) is 64.3 Å². The third kappa shape index (κ3) is 3.92. The lowest BCUT2D eigenvalue weighted by Gasteiger charge is -2.53. The first-order chi connectivity index (χ1) is 20.2. The van der Waals surface area contributed by atoms with Crippen molar-refractivity contribution in [2.24, 2.45) is 0 Å². The molecule has 0 spiro atoms. The van der Waals surface area contributed by atoms with Crippen LogP contribution in [0.1, 0.15) is 0 Å². The maximum absolute atomic E-state index is 17.0. The molecule has 0 aromatic heterocycles. The molecule has 1 nitrogen and oxygen atoms in total. The predicted octanol–water partition coefficient (Wildman–Crippen LogP) is 6.01. The third-order valence-corrected chi connectivity index (χ3v) is 6.73. The molecule has 1 unspecified atom stereocenters. The number of nitrogens with one attached hydrogen (secondary N) is 1. The van der Waals surface area contributed by atoms with Gasteiger partial charge in [0.1, 0.15) is 46.4 Å². The van der Waals surface area contributed by atoms with Gasteiger partial charge in [-0.1, -0.05) is 0 Å². The lowest BCUT2D eigenvalue weighted by atomic mass is 9.10. The van der Waals surface area contributed by atoms with Crippen molar-refractivity contribution in [2.75, 3.05) is 0 Å². The minimum absolute atomic E-state index is 0.192. The Hall–Kier alpha value is -4.33. The van der Waals surface area contributed by atoms with Gasteiger partial charge in [-0.15, -0.1) is 16.4 Å². The standard InChI is InChI=1S/C23H2BF19N/c25-2-1-3(26)23(43,44-22(2)42)24(4-7(27)13(33)19(39)14(34)8(4)28,5-9(29)15(35)20(40)16(36)10(5)30)6-11(31)17(37)21(41)18(38)12(6)32/h1,44H/q-1. The molecule has 0 radical (unpaired) electrons. The van der Waals surface area contributed by atoms with Crippen molar-refractivity contribution < 1.29 is 83.4 Å². The second-order valence-corrected chi connectivity index (χ2v) is 8.81. The molecule has 0 fully saturated rings. The van der Waals surface area contributed by atoms with Gasteiger partial charge in [-0.25, -0.2) is 74.6 Å². The Kier molecular flexibility index (Phi) is 7.70. The topological polar surface area (TPSA) is 12.0 Å². The molecule has 1 N–H and O–H groups in total. The van der Waals surface area contributed by atoms with Gasteiger partial charge in [0.2, 0.25) is 5.95 Å². The molecule has 3 aromatic rings. The van der Waals surface area contributed by atoms with E-state index in [4.69, 9.17) is 0 Å². The zero-order valence-electron chi connectivity index (χ0n) is 19.8. The van der Waals surface area contributed by atoms with E-state index < -0.39 is 139 Å². The monoisotopic (exact) mass is 664 g/mol. The highest BCUT2D eigenvalue weighted by atomic mass is 19.2. The fraction of sp³-hybridized carbons (Fsp3) is 0.0435. The van der Waals surface area contributed by atoms with Gasteiger partial charge in [-0.2, -0.15) is 4.39 Å². The van der Waals surface area contributed by atoms with Crippen LogP contribution in [0.4, 0.5) is 83.4 Å². The van der Waals surface area contributed by atoms with E-state index in [1.54, 1.807) is 0 Å². The molecule has 1 aliphatic rings. The normalized spacial score (nSPS) is 17.3. The number of rotatable bonds is 4. The summed E-state index contributed by atoms with van der Waals surface area (Å²) < 4.78 is 281. The molecule has 236 valence electrons. The van der Waals surface area contributed by atoms with Crippen LogP contribution in [0.3, 0.4) is 0 Å². The summed E-state index contributed by atoms with van der Waals surface area (Å²) in [7, 11) is 0. The summed E-state index contributed by atoms with van der Waals surface area (Å²) in [5.74, 6) is -62.1. The number of hydrogen-bond donors (Lipinski definition) is 1. The average molecular weight is 664 g/mol. The SMILES string of the molecule is FC1=CC(F)=C(F)NC1(F)[B-](c1c(F)c(F)c(F)c(F)c1F)(c1c(F)c(F)c(F)c(F)c1F)c1c(F)c(F)c(F)c(F)c1F. The maximum atomic E-state index is 17.0. The van der Waals surface area contributed by atoms with E-state index in [2.05, 4.69) is 0 Å². The van der Waals surface area contributed by atoms with Crippen molar-refractivity contribution in [1.82, 2.24) is 5.32 Å². The molecule has 0 saturated heterocycles.